The van der Waals surface area contributed by atoms with Gasteiger partial charge in [0, 0.05) is 10.3 Å². The molecule has 0 saturated heterocycles. The van der Waals surface area contributed by atoms with Gasteiger partial charge in [-0.25, -0.2) is 4.79 Å². The van der Waals surface area contributed by atoms with E-state index in [1.165, 1.54) is 56.3 Å². The summed E-state index contributed by atoms with van der Waals surface area (Å²) in [6.45, 7) is 0. The number of carboxylic acid groups (broad SMARTS) is 1. The number of carboxylic acids is 1. The van der Waals surface area contributed by atoms with Crippen LogP contribution in [0.1, 0.15) is 54.6 Å². The van der Waals surface area contributed by atoms with Crippen molar-refractivity contribution in [2.75, 3.05) is 5.75 Å². The van der Waals surface area contributed by atoms with Gasteiger partial charge in [-0.1, -0.05) is 0 Å². The highest BCUT2D eigenvalue weighted by molar-refractivity contribution is 7.99. The van der Waals surface area contributed by atoms with Gasteiger partial charge >= 0.3 is 5.97 Å². The van der Waals surface area contributed by atoms with Crippen molar-refractivity contribution in [1.82, 2.24) is 0 Å². The molecular formula is C17H22O2S2. The molecule has 0 aromatic carbocycles. The number of rotatable bonds is 5. The predicted octanol–water partition coefficient (Wildman–Crippen LogP) is 5.14. The fourth-order valence-corrected chi connectivity index (χ4v) is 7.56. The van der Waals surface area contributed by atoms with Crippen LogP contribution in [0.5, 0.6) is 0 Å². The van der Waals surface area contributed by atoms with Crippen LogP contribution in [0.25, 0.3) is 0 Å². The van der Waals surface area contributed by atoms with Gasteiger partial charge in [0.15, 0.2) is 0 Å². The highest BCUT2D eigenvalue weighted by atomic mass is 32.2. The van der Waals surface area contributed by atoms with Crippen molar-refractivity contribution in [3.05, 3.63) is 16.3 Å². The molecule has 4 fully saturated rings. The van der Waals surface area contributed by atoms with Crippen LogP contribution in [0.4, 0.5) is 0 Å². The van der Waals surface area contributed by atoms with Gasteiger partial charge < -0.3 is 5.11 Å². The lowest BCUT2D eigenvalue weighted by Gasteiger charge is -2.57. The van der Waals surface area contributed by atoms with E-state index in [1.54, 1.807) is 0 Å². The number of thiophene rings is 1. The summed E-state index contributed by atoms with van der Waals surface area (Å²) in [6, 6.07) is 1.83. The molecule has 21 heavy (non-hydrogen) atoms. The average molecular weight is 322 g/mol. The van der Waals surface area contributed by atoms with Crippen molar-refractivity contribution in [1.29, 1.82) is 0 Å². The maximum Gasteiger partial charge on any atom is 0.345 e. The molecule has 1 aromatic rings. The molecule has 0 unspecified atom stereocenters. The van der Waals surface area contributed by atoms with Gasteiger partial charge in [0.2, 0.25) is 0 Å². The van der Waals surface area contributed by atoms with Crippen LogP contribution < -0.4 is 0 Å². The SMILES string of the molecule is O=C(O)c1cc(SCCC23CC4CC(CC(C4)C2)C3)cs1. The molecule has 5 rings (SSSR count). The first kappa shape index (κ1) is 14.1. The van der Waals surface area contributed by atoms with Crippen LogP contribution in [0.3, 0.4) is 0 Å². The summed E-state index contributed by atoms with van der Waals surface area (Å²) in [4.78, 5) is 12.5. The zero-order chi connectivity index (χ0) is 14.4. The first-order valence-corrected chi connectivity index (χ1v) is 9.93. The first-order valence-electron chi connectivity index (χ1n) is 8.06. The van der Waals surface area contributed by atoms with Crippen LogP contribution >= 0.6 is 23.1 Å². The molecule has 1 heterocycles. The Morgan fingerprint density at radius 3 is 2.38 bits per heavy atom. The molecule has 1 N–H and O–H groups in total. The third-order valence-corrected chi connectivity index (χ3v) is 7.90. The fourth-order valence-electron chi connectivity index (χ4n) is 5.49. The third kappa shape index (κ3) is 2.77. The van der Waals surface area contributed by atoms with E-state index < -0.39 is 5.97 Å². The Bertz CT molecular complexity index is 513. The number of hydrogen-bond donors (Lipinski definition) is 1. The summed E-state index contributed by atoms with van der Waals surface area (Å²) >= 11 is 3.20. The van der Waals surface area contributed by atoms with E-state index in [4.69, 9.17) is 5.11 Å². The predicted molar refractivity (Wildman–Crippen MR) is 87.2 cm³/mol. The van der Waals surface area contributed by atoms with E-state index in [-0.39, 0.29) is 0 Å². The van der Waals surface area contributed by atoms with Crippen molar-refractivity contribution in [3.8, 4) is 0 Å². The van der Waals surface area contributed by atoms with Gasteiger partial charge in [0.25, 0.3) is 0 Å². The molecule has 4 aliphatic carbocycles. The lowest BCUT2D eigenvalue weighted by Crippen LogP contribution is -2.46. The Kier molecular flexibility index (Phi) is 3.57. The molecular weight excluding hydrogens is 300 g/mol. The minimum absolute atomic E-state index is 0.465. The van der Waals surface area contributed by atoms with Crippen LogP contribution in [0, 0.1) is 23.2 Å². The fraction of sp³-hybridized carbons (Fsp3) is 0.706. The normalized spacial score (nSPS) is 37.0. The molecule has 114 valence electrons. The number of carbonyl (C=O) groups is 1. The molecule has 4 aliphatic rings. The van der Waals surface area contributed by atoms with Crippen molar-refractivity contribution < 1.29 is 9.90 Å². The van der Waals surface area contributed by atoms with Gasteiger partial charge in [-0.3, -0.25) is 0 Å². The van der Waals surface area contributed by atoms with Crippen molar-refractivity contribution >= 4 is 29.1 Å². The topological polar surface area (TPSA) is 37.3 Å². The Balaban J connectivity index is 1.35. The van der Waals surface area contributed by atoms with Crippen LogP contribution in [-0.4, -0.2) is 16.8 Å². The number of hydrogen-bond acceptors (Lipinski definition) is 3. The molecule has 0 spiro atoms. The average Bonchev–Trinajstić information content (AvgIpc) is 2.85. The zero-order valence-corrected chi connectivity index (χ0v) is 13.8. The van der Waals surface area contributed by atoms with Gasteiger partial charge in [0.05, 0.1) is 0 Å². The zero-order valence-electron chi connectivity index (χ0n) is 12.2. The lowest BCUT2D eigenvalue weighted by molar-refractivity contribution is -0.0538. The van der Waals surface area contributed by atoms with Gasteiger partial charge in [-0.2, -0.15) is 0 Å². The summed E-state index contributed by atoms with van der Waals surface area (Å²) in [5.74, 6) is 3.44. The van der Waals surface area contributed by atoms with Crippen LogP contribution in [-0.2, 0) is 0 Å². The van der Waals surface area contributed by atoms with Gasteiger partial charge in [-0.15, -0.1) is 23.1 Å². The Morgan fingerprint density at radius 1 is 1.24 bits per heavy atom. The van der Waals surface area contributed by atoms with Gasteiger partial charge in [-0.05, 0) is 79.9 Å². The van der Waals surface area contributed by atoms with E-state index in [9.17, 15) is 4.79 Å². The highest BCUT2D eigenvalue weighted by Gasteiger charge is 2.50. The molecule has 0 amide bonds. The van der Waals surface area contributed by atoms with Crippen LogP contribution in [0.15, 0.2) is 16.3 Å². The van der Waals surface area contributed by atoms with Crippen LogP contribution in [0.2, 0.25) is 0 Å². The van der Waals surface area contributed by atoms with Crippen molar-refractivity contribution in [3.63, 3.8) is 0 Å². The molecule has 2 nitrogen and oxygen atoms in total. The molecule has 0 atom stereocenters. The smallest absolute Gasteiger partial charge is 0.345 e. The first-order chi connectivity index (χ1) is 10.1. The minimum Gasteiger partial charge on any atom is -0.477 e. The molecule has 4 saturated carbocycles. The van der Waals surface area contributed by atoms with Gasteiger partial charge in [0.1, 0.15) is 4.88 Å². The second-order valence-electron chi connectivity index (χ2n) is 7.47. The Hall–Kier alpha value is -0.480. The molecule has 4 heteroatoms. The molecule has 4 bridgehead atoms. The van der Waals surface area contributed by atoms with E-state index >= 15 is 0 Å². The summed E-state index contributed by atoms with van der Waals surface area (Å²) in [5, 5.41) is 11.0. The number of aromatic carboxylic acids is 1. The summed E-state index contributed by atoms with van der Waals surface area (Å²) < 4.78 is 0. The standard InChI is InChI=1S/C17H22O2S2/c18-16(19)15-6-14(10-21-15)20-2-1-17-7-11-3-12(8-17)5-13(4-11)9-17/h6,10-13H,1-5,7-9H2,(H,18,19). The van der Waals surface area contributed by atoms with E-state index in [2.05, 4.69) is 0 Å². The van der Waals surface area contributed by atoms with E-state index in [0.29, 0.717) is 10.3 Å². The van der Waals surface area contributed by atoms with Crippen molar-refractivity contribution in [2.24, 2.45) is 23.2 Å². The minimum atomic E-state index is -0.798. The Labute approximate surface area is 134 Å². The highest BCUT2D eigenvalue weighted by Crippen LogP contribution is 2.61. The second kappa shape index (κ2) is 5.31. The summed E-state index contributed by atoms with van der Waals surface area (Å²) in [7, 11) is 0. The second-order valence-corrected chi connectivity index (χ2v) is 9.55. The maximum atomic E-state index is 10.9. The van der Waals surface area contributed by atoms with E-state index in [0.717, 1.165) is 28.4 Å². The van der Waals surface area contributed by atoms with Crippen molar-refractivity contribution in [2.45, 2.75) is 49.8 Å². The maximum absolute atomic E-state index is 10.9. The molecule has 0 aliphatic heterocycles. The monoisotopic (exact) mass is 322 g/mol. The molecule has 1 aromatic heterocycles. The third-order valence-electron chi connectivity index (χ3n) is 5.85. The quantitative estimate of drug-likeness (QED) is 0.762. The summed E-state index contributed by atoms with van der Waals surface area (Å²) in [6.07, 6.45) is 10.3. The number of thioether (sulfide) groups is 1. The lowest BCUT2D eigenvalue weighted by atomic mass is 9.49. The molecule has 0 radical (unpaired) electrons. The van der Waals surface area contributed by atoms with E-state index in [1.807, 2.05) is 23.2 Å². The summed E-state index contributed by atoms with van der Waals surface area (Å²) in [5.41, 5.74) is 0.646. The largest absolute Gasteiger partial charge is 0.477 e. The Morgan fingerprint density at radius 2 is 1.86 bits per heavy atom.